The maximum absolute atomic E-state index is 11.7. The van der Waals surface area contributed by atoms with Gasteiger partial charge in [0.15, 0.2) is 0 Å². The number of halogens is 1. The van der Waals surface area contributed by atoms with Crippen molar-refractivity contribution in [1.29, 1.82) is 0 Å². The minimum atomic E-state index is -0.241. The molecule has 0 saturated carbocycles. The van der Waals surface area contributed by atoms with Crippen LogP contribution in [-0.4, -0.2) is 38.1 Å². The van der Waals surface area contributed by atoms with Crippen LogP contribution in [0.3, 0.4) is 0 Å². The van der Waals surface area contributed by atoms with Crippen LogP contribution in [0.15, 0.2) is 24.3 Å². The number of nitrogens with one attached hydrogen (secondary N) is 3. The lowest BCUT2D eigenvalue weighted by Crippen LogP contribution is -2.51. The molecule has 3 N–H and O–H groups in total. The fraction of sp³-hybridized carbons (Fsp3) is 0.429. The monoisotopic (exact) mass is 313 g/mol. The number of carbonyl (C=O) groups is 2. The Kier molecular flexibility index (Phi) is 6.98. The summed E-state index contributed by atoms with van der Waals surface area (Å²) in [6, 6.07) is 7.11. The van der Waals surface area contributed by atoms with E-state index in [2.05, 4.69) is 16.0 Å². The highest BCUT2D eigenvalue weighted by atomic mass is 35.5. The molecule has 1 aromatic carbocycles. The van der Waals surface area contributed by atoms with E-state index in [1.807, 2.05) is 6.92 Å². The number of benzene rings is 1. The second kappa shape index (κ2) is 8.49. The van der Waals surface area contributed by atoms with Crippen molar-refractivity contribution in [2.24, 2.45) is 5.92 Å². The van der Waals surface area contributed by atoms with Crippen LogP contribution in [-0.2, 0) is 9.59 Å². The molecule has 6 nitrogen and oxygen atoms in total. The van der Waals surface area contributed by atoms with Crippen molar-refractivity contribution in [2.45, 2.75) is 6.92 Å². The Morgan fingerprint density at radius 3 is 2.48 bits per heavy atom. The van der Waals surface area contributed by atoms with Crippen molar-refractivity contribution in [2.75, 3.05) is 31.6 Å². The normalized spacial score (nSPS) is 13.6. The van der Waals surface area contributed by atoms with Gasteiger partial charge in [-0.05, 0) is 31.2 Å². The van der Waals surface area contributed by atoms with E-state index in [-0.39, 0.29) is 36.7 Å². The Morgan fingerprint density at radius 2 is 1.95 bits per heavy atom. The third-order valence-electron chi connectivity index (χ3n) is 3.02. The zero-order valence-electron chi connectivity index (χ0n) is 11.8. The zero-order valence-corrected chi connectivity index (χ0v) is 12.7. The van der Waals surface area contributed by atoms with Gasteiger partial charge in [-0.1, -0.05) is 0 Å². The molecule has 1 aromatic rings. The number of anilines is 1. The minimum absolute atomic E-state index is 0. The summed E-state index contributed by atoms with van der Waals surface area (Å²) in [5, 5.41) is 8.35. The van der Waals surface area contributed by atoms with Crippen LogP contribution in [0.25, 0.3) is 0 Å². The van der Waals surface area contributed by atoms with Crippen LogP contribution in [0, 0.1) is 5.92 Å². The van der Waals surface area contributed by atoms with Crippen molar-refractivity contribution in [3.05, 3.63) is 24.3 Å². The number of amides is 2. The average Bonchev–Trinajstić information content (AvgIpc) is 2.37. The maximum Gasteiger partial charge on any atom is 0.243 e. The first-order valence-corrected chi connectivity index (χ1v) is 6.70. The predicted octanol–water partition coefficient (Wildman–Crippen LogP) is 0.781. The molecule has 1 fully saturated rings. The van der Waals surface area contributed by atoms with Gasteiger partial charge in [-0.2, -0.15) is 0 Å². The van der Waals surface area contributed by atoms with E-state index in [4.69, 9.17) is 4.74 Å². The van der Waals surface area contributed by atoms with Crippen LogP contribution < -0.4 is 20.7 Å². The Balaban J connectivity index is 0.00000220. The molecule has 1 heterocycles. The van der Waals surface area contributed by atoms with Gasteiger partial charge < -0.3 is 20.7 Å². The molecule has 7 heteroatoms. The fourth-order valence-corrected chi connectivity index (χ4v) is 1.79. The van der Waals surface area contributed by atoms with Gasteiger partial charge in [0.25, 0.3) is 0 Å². The van der Waals surface area contributed by atoms with Gasteiger partial charge in [-0.3, -0.25) is 9.59 Å². The molecule has 1 aliphatic rings. The number of carbonyl (C=O) groups excluding carboxylic acids is 2. The van der Waals surface area contributed by atoms with Crippen LogP contribution in [0.1, 0.15) is 6.92 Å². The van der Waals surface area contributed by atoms with Gasteiger partial charge in [0.2, 0.25) is 11.8 Å². The average molecular weight is 314 g/mol. The topological polar surface area (TPSA) is 79.5 Å². The molecular weight excluding hydrogens is 294 g/mol. The highest BCUT2D eigenvalue weighted by Crippen LogP contribution is 2.15. The van der Waals surface area contributed by atoms with Crippen LogP contribution in [0.2, 0.25) is 0 Å². The second-order valence-corrected chi connectivity index (χ2v) is 4.58. The fourth-order valence-electron chi connectivity index (χ4n) is 1.79. The minimum Gasteiger partial charge on any atom is -0.494 e. The molecule has 0 bridgehead atoms. The van der Waals surface area contributed by atoms with Crippen molar-refractivity contribution >= 4 is 29.9 Å². The first-order chi connectivity index (χ1) is 9.69. The molecule has 2 rings (SSSR count). The third-order valence-corrected chi connectivity index (χ3v) is 3.02. The van der Waals surface area contributed by atoms with Gasteiger partial charge >= 0.3 is 0 Å². The zero-order chi connectivity index (χ0) is 14.4. The number of ether oxygens (including phenoxy) is 1. The van der Waals surface area contributed by atoms with Crippen molar-refractivity contribution < 1.29 is 14.3 Å². The molecule has 2 amide bonds. The summed E-state index contributed by atoms with van der Waals surface area (Å²) in [6.45, 7) is 3.88. The standard InChI is InChI=1S/C14H19N3O3.ClH/c1-2-20-12-5-3-11(4-6-12)17-13(18)9-16-14(19)10-7-15-8-10;/h3-6,10,15H,2,7-9H2,1H3,(H,16,19)(H,17,18);1H. The molecule has 0 spiro atoms. The summed E-state index contributed by atoms with van der Waals surface area (Å²) >= 11 is 0. The van der Waals surface area contributed by atoms with E-state index in [1.165, 1.54) is 0 Å². The Hall–Kier alpha value is -1.79. The van der Waals surface area contributed by atoms with Crippen molar-refractivity contribution in [3.8, 4) is 5.75 Å². The quantitative estimate of drug-likeness (QED) is 0.725. The van der Waals surface area contributed by atoms with Gasteiger partial charge in [0.1, 0.15) is 5.75 Å². The van der Waals surface area contributed by atoms with E-state index in [0.29, 0.717) is 25.4 Å². The Morgan fingerprint density at radius 1 is 1.29 bits per heavy atom. The van der Waals surface area contributed by atoms with Crippen LogP contribution in [0.5, 0.6) is 5.75 Å². The molecule has 21 heavy (non-hydrogen) atoms. The highest BCUT2D eigenvalue weighted by Gasteiger charge is 2.24. The summed E-state index contributed by atoms with van der Waals surface area (Å²) in [5.74, 6) is 0.435. The highest BCUT2D eigenvalue weighted by molar-refractivity contribution is 5.95. The Bertz CT molecular complexity index is 475. The number of rotatable bonds is 6. The molecule has 0 atom stereocenters. The molecular formula is C14H20ClN3O3. The Labute approximate surface area is 130 Å². The lowest BCUT2D eigenvalue weighted by Gasteiger charge is -2.25. The lowest BCUT2D eigenvalue weighted by molar-refractivity contribution is -0.128. The van der Waals surface area contributed by atoms with E-state index in [9.17, 15) is 9.59 Å². The van der Waals surface area contributed by atoms with E-state index < -0.39 is 0 Å². The summed E-state index contributed by atoms with van der Waals surface area (Å²) in [6.07, 6.45) is 0. The third kappa shape index (κ3) is 5.24. The van der Waals surface area contributed by atoms with Gasteiger partial charge in [0.05, 0.1) is 19.1 Å². The van der Waals surface area contributed by atoms with E-state index in [1.54, 1.807) is 24.3 Å². The summed E-state index contributed by atoms with van der Waals surface area (Å²) < 4.78 is 5.31. The number of hydrogen-bond donors (Lipinski definition) is 3. The van der Waals surface area contributed by atoms with Gasteiger partial charge in [0, 0.05) is 18.8 Å². The molecule has 1 saturated heterocycles. The predicted molar refractivity (Wildman–Crippen MR) is 82.9 cm³/mol. The smallest absolute Gasteiger partial charge is 0.243 e. The second-order valence-electron chi connectivity index (χ2n) is 4.58. The number of hydrogen-bond acceptors (Lipinski definition) is 4. The lowest BCUT2D eigenvalue weighted by atomic mass is 10.0. The maximum atomic E-state index is 11.7. The molecule has 0 unspecified atom stereocenters. The molecule has 0 aliphatic carbocycles. The largest absolute Gasteiger partial charge is 0.494 e. The summed E-state index contributed by atoms with van der Waals surface area (Å²) in [5.41, 5.74) is 0.679. The first-order valence-electron chi connectivity index (χ1n) is 6.70. The van der Waals surface area contributed by atoms with E-state index in [0.717, 1.165) is 5.75 Å². The van der Waals surface area contributed by atoms with Crippen LogP contribution in [0.4, 0.5) is 5.69 Å². The first kappa shape index (κ1) is 17.3. The SMILES string of the molecule is CCOc1ccc(NC(=O)CNC(=O)C2CNC2)cc1.Cl. The van der Waals surface area contributed by atoms with Crippen molar-refractivity contribution in [3.63, 3.8) is 0 Å². The molecule has 0 radical (unpaired) electrons. The van der Waals surface area contributed by atoms with Crippen molar-refractivity contribution in [1.82, 2.24) is 10.6 Å². The van der Waals surface area contributed by atoms with Gasteiger partial charge in [-0.25, -0.2) is 0 Å². The summed E-state index contributed by atoms with van der Waals surface area (Å²) in [4.78, 5) is 23.2. The molecule has 0 aromatic heterocycles. The van der Waals surface area contributed by atoms with E-state index >= 15 is 0 Å². The van der Waals surface area contributed by atoms with Gasteiger partial charge in [-0.15, -0.1) is 12.4 Å². The van der Waals surface area contributed by atoms with Crippen LogP contribution >= 0.6 is 12.4 Å². The molecule has 1 aliphatic heterocycles. The molecule has 116 valence electrons. The summed E-state index contributed by atoms with van der Waals surface area (Å²) in [7, 11) is 0.